The normalized spacial score (nSPS) is 33.9. The summed E-state index contributed by atoms with van der Waals surface area (Å²) in [6.07, 6.45) is 8.36. The largest absolute Gasteiger partial charge is 0.465 e. The van der Waals surface area contributed by atoms with Crippen LogP contribution in [-0.4, -0.2) is 70.1 Å². The molecule has 1 spiro atoms. The lowest BCUT2D eigenvalue weighted by molar-refractivity contribution is -0.153. The van der Waals surface area contributed by atoms with Crippen LogP contribution in [0.1, 0.15) is 6.42 Å². The van der Waals surface area contributed by atoms with E-state index in [0.29, 0.717) is 23.7 Å². The molecule has 1 aromatic rings. The number of hydrogen-bond acceptors (Lipinski definition) is 6. The number of aliphatic hydroxyl groups is 1. The first kappa shape index (κ1) is 21.6. The minimum Gasteiger partial charge on any atom is -0.465 e. The van der Waals surface area contributed by atoms with Gasteiger partial charge in [-0.15, -0.1) is 11.8 Å². The first-order valence-corrected chi connectivity index (χ1v) is 11.9. The number of thioether (sulfide) groups is 1. The Morgan fingerprint density at radius 1 is 1.19 bits per heavy atom. The van der Waals surface area contributed by atoms with Crippen molar-refractivity contribution in [2.45, 2.75) is 22.5 Å². The van der Waals surface area contributed by atoms with Gasteiger partial charge in [0.25, 0.3) is 5.91 Å². The molecule has 32 heavy (non-hydrogen) atoms. The molecule has 0 bridgehead atoms. The Morgan fingerprint density at radius 3 is 2.78 bits per heavy atom. The number of β-amino-alcohol motifs (C(OH)–C–C–N with tert-alkyl or cyclic N) is 1. The highest BCUT2D eigenvalue weighted by molar-refractivity contribution is 8.02. The molecule has 0 aromatic heterocycles. The van der Waals surface area contributed by atoms with E-state index in [0.717, 1.165) is 0 Å². The number of likely N-dealkylation sites (tertiary alicyclic amines) is 1. The highest BCUT2D eigenvalue weighted by Gasteiger charge is 2.71. The van der Waals surface area contributed by atoms with Crippen LogP contribution in [0.3, 0.4) is 0 Å². The fraction of sp³-hybridized carbons (Fsp3) is 0.435. The van der Waals surface area contributed by atoms with Crippen molar-refractivity contribution in [2.75, 3.05) is 31.2 Å². The van der Waals surface area contributed by atoms with Gasteiger partial charge in [0, 0.05) is 18.3 Å². The summed E-state index contributed by atoms with van der Waals surface area (Å²) in [5.74, 6) is -2.39. The van der Waals surface area contributed by atoms with Gasteiger partial charge in [0.05, 0.1) is 40.5 Å². The van der Waals surface area contributed by atoms with Crippen LogP contribution in [-0.2, 0) is 19.1 Å². The summed E-state index contributed by atoms with van der Waals surface area (Å²) >= 11 is 7.87. The average molecular weight is 475 g/mol. The molecule has 0 radical (unpaired) electrons. The zero-order valence-electron chi connectivity index (χ0n) is 17.2. The number of halogens is 1. The molecule has 7 nitrogen and oxygen atoms in total. The number of para-hydroxylation sites is 1. The van der Waals surface area contributed by atoms with Crippen LogP contribution < -0.4 is 4.90 Å². The van der Waals surface area contributed by atoms with E-state index in [9.17, 15) is 19.5 Å². The molecule has 9 heteroatoms. The number of cyclic esters (lactones) is 1. The number of fused-ring (bicyclic) bond motifs is 2. The molecule has 0 aliphatic carbocycles. The topological polar surface area (TPSA) is 87.2 Å². The summed E-state index contributed by atoms with van der Waals surface area (Å²) in [7, 11) is 0. The van der Waals surface area contributed by atoms with Crippen LogP contribution in [0.2, 0.25) is 5.02 Å². The summed E-state index contributed by atoms with van der Waals surface area (Å²) in [6, 6.07) is 6.23. The average Bonchev–Trinajstić information content (AvgIpc) is 3.13. The second-order valence-corrected chi connectivity index (χ2v) is 10.2. The Kier molecular flexibility index (Phi) is 5.55. The van der Waals surface area contributed by atoms with Crippen molar-refractivity contribution < 1.29 is 24.2 Å². The molecule has 4 aliphatic heterocycles. The van der Waals surface area contributed by atoms with Crippen LogP contribution in [0.5, 0.6) is 0 Å². The number of amides is 2. The van der Waals surface area contributed by atoms with Gasteiger partial charge >= 0.3 is 5.97 Å². The monoisotopic (exact) mass is 474 g/mol. The molecule has 5 atom stereocenters. The van der Waals surface area contributed by atoms with Crippen LogP contribution in [0.25, 0.3) is 0 Å². The Morgan fingerprint density at radius 2 is 2.00 bits per heavy atom. The second-order valence-electron chi connectivity index (χ2n) is 8.28. The van der Waals surface area contributed by atoms with Crippen LogP contribution in [0, 0.1) is 11.8 Å². The van der Waals surface area contributed by atoms with E-state index in [1.54, 1.807) is 29.2 Å². The van der Waals surface area contributed by atoms with Gasteiger partial charge in [-0.3, -0.25) is 14.4 Å². The van der Waals surface area contributed by atoms with Crippen molar-refractivity contribution in [3.05, 3.63) is 53.6 Å². The maximum atomic E-state index is 14.0. The molecule has 168 valence electrons. The lowest BCUT2D eigenvalue weighted by Crippen LogP contribution is -2.53. The van der Waals surface area contributed by atoms with Gasteiger partial charge < -0.3 is 19.6 Å². The maximum Gasteiger partial charge on any atom is 0.311 e. The number of rotatable bonds is 3. The predicted octanol–water partition coefficient (Wildman–Crippen LogP) is 2.04. The smallest absolute Gasteiger partial charge is 0.311 e. The number of aliphatic hydroxyl groups excluding tert-OH is 1. The predicted molar refractivity (Wildman–Crippen MR) is 121 cm³/mol. The van der Waals surface area contributed by atoms with Crippen LogP contribution in [0.15, 0.2) is 48.6 Å². The fourth-order valence-corrected chi connectivity index (χ4v) is 7.58. The minimum atomic E-state index is -0.928. The van der Waals surface area contributed by atoms with Crippen molar-refractivity contribution in [1.82, 2.24) is 4.90 Å². The van der Waals surface area contributed by atoms with Crippen LogP contribution >= 0.6 is 23.4 Å². The van der Waals surface area contributed by atoms with Crippen molar-refractivity contribution in [3.63, 3.8) is 0 Å². The summed E-state index contributed by atoms with van der Waals surface area (Å²) < 4.78 is 4.50. The number of anilines is 1. The van der Waals surface area contributed by atoms with Gasteiger partial charge in [0.15, 0.2) is 0 Å². The minimum absolute atomic E-state index is 0.0144. The van der Waals surface area contributed by atoms with E-state index in [1.165, 1.54) is 16.7 Å². The zero-order chi connectivity index (χ0) is 22.5. The van der Waals surface area contributed by atoms with E-state index in [4.69, 9.17) is 16.3 Å². The summed E-state index contributed by atoms with van der Waals surface area (Å²) in [4.78, 5) is 43.6. The number of carbonyl (C=O) groups excluding carboxylic acids is 3. The maximum absolute atomic E-state index is 14.0. The molecule has 4 heterocycles. The second kappa shape index (κ2) is 8.24. The number of ether oxygens (including phenoxy) is 1. The highest BCUT2D eigenvalue weighted by Crippen LogP contribution is 2.60. The van der Waals surface area contributed by atoms with Gasteiger partial charge in [0.2, 0.25) is 5.91 Å². The lowest BCUT2D eigenvalue weighted by Gasteiger charge is -2.35. The lowest BCUT2D eigenvalue weighted by atomic mass is 9.78. The third kappa shape index (κ3) is 3.11. The molecule has 2 fully saturated rings. The Hall–Kier alpha value is -2.29. The Balaban J connectivity index is 1.63. The number of benzene rings is 1. The van der Waals surface area contributed by atoms with E-state index >= 15 is 0 Å². The van der Waals surface area contributed by atoms with Crippen molar-refractivity contribution in [2.24, 2.45) is 11.8 Å². The van der Waals surface area contributed by atoms with Gasteiger partial charge in [-0.1, -0.05) is 48.0 Å². The van der Waals surface area contributed by atoms with Crippen molar-refractivity contribution >= 4 is 46.8 Å². The molecule has 2 amide bonds. The molecule has 1 unspecified atom stereocenters. The van der Waals surface area contributed by atoms with Gasteiger partial charge in [-0.25, -0.2) is 0 Å². The van der Waals surface area contributed by atoms with E-state index in [1.807, 2.05) is 24.3 Å². The van der Waals surface area contributed by atoms with E-state index in [-0.39, 0.29) is 36.8 Å². The van der Waals surface area contributed by atoms with Gasteiger partial charge in [-0.2, -0.15) is 0 Å². The molecule has 2 saturated heterocycles. The molecular formula is C23H23ClN2O5S. The van der Waals surface area contributed by atoms with Crippen molar-refractivity contribution in [1.29, 1.82) is 0 Å². The zero-order valence-corrected chi connectivity index (χ0v) is 18.8. The highest BCUT2D eigenvalue weighted by atomic mass is 35.5. The molecular weight excluding hydrogens is 452 g/mol. The van der Waals surface area contributed by atoms with Crippen LogP contribution in [0.4, 0.5) is 5.69 Å². The molecule has 4 aliphatic rings. The third-order valence-corrected chi connectivity index (χ3v) is 8.67. The fourth-order valence-electron chi connectivity index (χ4n) is 5.34. The summed E-state index contributed by atoms with van der Waals surface area (Å²) in [5, 5.41) is 9.85. The number of carbonyl (C=O) groups is 3. The molecule has 1 aromatic carbocycles. The Bertz CT molecular complexity index is 1030. The van der Waals surface area contributed by atoms with Gasteiger partial charge in [0.1, 0.15) is 6.04 Å². The number of hydrogen-bond donors (Lipinski definition) is 1. The van der Waals surface area contributed by atoms with E-state index < -0.39 is 28.6 Å². The van der Waals surface area contributed by atoms with E-state index in [2.05, 4.69) is 0 Å². The summed E-state index contributed by atoms with van der Waals surface area (Å²) in [6.45, 7) is 0.304. The van der Waals surface area contributed by atoms with Gasteiger partial charge in [-0.05, 0) is 18.6 Å². The standard InChI is InChI=1S/C23H23ClN2O5S/c24-14-6-1-2-7-15(14)25-10-5-9-23-18(20(28)26(11-12-27)19(23)21(25)29)17-16(32-23)8-3-4-13-31-22(17)30/h1-3,5-9,16-19,27H,4,10-13H2/t16-,17+,18+,19?,23+/m1/s1. The first-order valence-electron chi connectivity index (χ1n) is 10.7. The molecule has 1 N–H and O–H groups in total. The quantitative estimate of drug-likeness (QED) is 0.533. The third-order valence-electron chi connectivity index (χ3n) is 6.60. The first-order chi connectivity index (χ1) is 15.5. The summed E-state index contributed by atoms with van der Waals surface area (Å²) in [5.41, 5.74) is 0.564. The van der Waals surface area contributed by atoms with Crippen molar-refractivity contribution in [3.8, 4) is 0 Å². The number of nitrogens with zero attached hydrogens (tertiary/aromatic N) is 2. The molecule has 0 saturated carbocycles. The Labute approximate surface area is 195 Å². The molecule has 5 rings (SSSR count). The SMILES string of the molecule is O=C1OCCC=C[C@H]2S[C@]34C=CCN(c5ccccc5Cl)C(=O)C3N(CCO)C(=O)[C@@H]4[C@@H]12. The number of esters is 1.